The highest BCUT2D eigenvalue weighted by atomic mass is 16.5. The molecule has 0 bridgehead atoms. The van der Waals surface area contributed by atoms with Crippen LogP contribution >= 0.6 is 0 Å². The highest BCUT2D eigenvalue weighted by Gasteiger charge is 2.13. The standard InChI is InChI=1S/C23H24N2O4/c1-3-5-9-19-20(12-10-16-7-6-8-18(14-16)29-4-2)24-21-13-11-17(23(27)28)15-25(21)22(19)26/h6-8,10-15H,3-5,9H2,1-2H3,(H,27,28). The molecular formula is C23H24N2O4. The number of aromatic carboxylic acids is 1. The van der Waals surface area contributed by atoms with Gasteiger partial charge in [-0.2, -0.15) is 0 Å². The summed E-state index contributed by atoms with van der Waals surface area (Å²) in [6.45, 7) is 4.59. The minimum atomic E-state index is -1.08. The normalized spacial score (nSPS) is 11.2. The van der Waals surface area contributed by atoms with Gasteiger partial charge in [0.1, 0.15) is 11.4 Å². The molecule has 0 radical (unpaired) electrons. The predicted octanol–water partition coefficient (Wildman–Crippen LogP) is 4.30. The lowest BCUT2D eigenvalue weighted by Gasteiger charge is -2.09. The Balaban J connectivity index is 2.07. The Kier molecular flexibility index (Phi) is 6.44. The highest BCUT2D eigenvalue weighted by molar-refractivity contribution is 5.87. The molecule has 0 fully saturated rings. The molecule has 0 atom stereocenters. The molecule has 0 saturated carbocycles. The van der Waals surface area contributed by atoms with Crippen LogP contribution in [0.1, 0.15) is 53.9 Å². The van der Waals surface area contributed by atoms with Gasteiger partial charge in [0.15, 0.2) is 0 Å². The van der Waals surface area contributed by atoms with Crippen LogP contribution in [-0.4, -0.2) is 27.1 Å². The molecule has 0 aliphatic heterocycles. The van der Waals surface area contributed by atoms with Crippen molar-refractivity contribution in [2.24, 2.45) is 0 Å². The number of carboxylic acid groups (broad SMARTS) is 1. The maximum absolute atomic E-state index is 13.1. The molecule has 0 saturated heterocycles. The number of hydrogen-bond acceptors (Lipinski definition) is 4. The van der Waals surface area contributed by atoms with Gasteiger partial charge in [-0.1, -0.05) is 31.6 Å². The van der Waals surface area contributed by atoms with E-state index in [0.29, 0.717) is 29.9 Å². The number of fused-ring (bicyclic) bond motifs is 1. The first kappa shape index (κ1) is 20.3. The maximum atomic E-state index is 13.1. The number of unbranched alkanes of at least 4 members (excludes halogenated alkanes) is 1. The lowest BCUT2D eigenvalue weighted by molar-refractivity contribution is 0.0696. The summed E-state index contributed by atoms with van der Waals surface area (Å²) in [6.07, 6.45) is 7.45. The van der Waals surface area contributed by atoms with Gasteiger partial charge in [0, 0.05) is 11.8 Å². The molecule has 1 aromatic carbocycles. The van der Waals surface area contributed by atoms with Gasteiger partial charge in [-0.3, -0.25) is 9.20 Å². The van der Waals surface area contributed by atoms with Crippen molar-refractivity contribution in [3.63, 3.8) is 0 Å². The monoisotopic (exact) mass is 392 g/mol. The van der Waals surface area contributed by atoms with Crippen LogP contribution in [0.2, 0.25) is 0 Å². The molecule has 1 N–H and O–H groups in total. The van der Waals surface area contributed by atoms with Crippen molar-refractivity contribution in [3.8, 4) is 5.75 Å². The van der Waals surface area contributed by atoms with Gasteiger partial charge in [0.05, 0.1) is 17.9 Å². The van der Waals surface area contributed by atoms with Gasteiger partial charge in [0.25, 0.3) is 5.56 Å². The van der Waals surface area contributed by atoms with Crippen LogP contribution in [0.25, 0.3) is 17.8 Å². The van der Waals surface area contributed by atoms with Crippen molar-refractivity contribution in [2.45, 2.75) is 33.1 Å². The third-order valence-electron chi connectivity index (χ3n) is 4.58. The lowest BCUT2D eigenvalue weighted by atomic mass is 10.1. The van der Waals surface area contributed by atoms with Crippen LogP contribution in [0.3, 0.4) is 0 Å². The van der Waals surface area contributed by atoms with E-state index in [4.69, 9.17) is 4.74 Å². The summed E-state index contributed by atoms with van der Waals surface area (Å²) in [4.78, 5) is 28.9. The smallest absolute Gasteiger partial charge is 0.337 e. The van der Waals surface area contributed by atoms with Gasteiger partial charge >= 0.3 is 5.97 Å². The molecule has 3 aromatic rings. The SMILES string of the molecule is CCCCc1c(C=Cc2cccc(OCC)c2)nc2ccc(C(=O)O)cn2c1=O. The Morgan fingerprint density at radius 1 is 1.21 bits per heavy atom. The van der Waals surface area contributed by atoms with E-state index in [1.807, 2.05) is 43.3 Å². The molecule has 6 nitrogen and oxygen atoms in total. The number of rotatable bonds is 8. The first-order valence-electron chi connectivity index (χ1n) is 9.73. The van der Waals surface area contributed by atoms with Crippen LogP contribution in [0, 0.1) is 0 Å². The van der Waals surface area contributed by atoms with Crippen LogP contribution in [-0.2, 0) is 6.42 Å². The van der Waals surface area contributed by atoms with Crippen molar-refractivity contribution in [2.75, 3.05) is 6.61 Å². The fourth-order valence-corrected chi connectivity index (χ4v) is 3.10. The molecule has 29 heavy (non-hydrogen) atoms. The summed E-state index contributed by atoms with van der Waals surface area (Å²) in [5.41, 5.74) is 2.38. The minimum absolute atomic E-state index is 0.0545. The number of carboxylic acids is 1. The van der Waals surface area contributed by atoms with Crippen molar-refractivity contribution < 1.29 is 14.6 Å². The molecule has 0 spiro atoms. The molecular weight excluding hydrogens is 368 g/mol. The number of hydrogen-bond donors (Lipinski definition) is 1. The Hall–Kier alpha value is -3.41. The van der Waals surface area contributed by atoms with Gasteiger partial charge in [-0.15, -0.1) is 0 Å². The second kappa shape index (κ2) is 9.19. The quantitative estimate of drug-likeness (QED) is 0.618. The summed E-state index contributed by atoms with van der Waals surface area (Å²) in [5.74, 6) is -0.291. The number of ether oxygens (including phenoxy) is 1. The van der Waals surface area contributed by atoms with Gasteiger partial charge in [0.2, 0.25) is 0 Å². The molecule has 150 valence electrons. The van der Waals surface area contributed by atoms with E-state index < -0.39 is 5.97 Å². The Bertz CT molecular complexity index is 1120. The minimum Gasteiger partial charge on any atom is -0.494 e. The van der Waals surface area contributed by atoms with E-state index in [1.54, 1.807) is 6.07 Å². The number of carbonyl (C=O) groups is 1. The van der Waals surface area contributed by atoms with Crippen LogP contribution in [0.15, 0.2) is 47.4 Å². The van der Waals surface area contributed by atoms with Crippen molar-refractivity contribution in [1.29, 1.82) is 0 Å². The van der Waals surface area contributed by atoms with Crippen molar-refractivity contribution in [1.82, 2.24) is 9.38 Å². The third kappa shape index (κ3) is 4.71. The van der Waals surface area contributed by atoms with Gasteiger partial charge in [-0.25, -0.2) is 9.78 Å². The number of aromatic nitrogens is 2. The molecule has 0 unspecified atom stereocenters. The third-order valence-corrected chi connectivity index (χ3v) is 4.58. The number of nitrogens with zero attached hydrogens (tertiary/aromatic N) is 2. The summed E-state index contributed by atoms with van der Waals surface area (Å²) < 4.78 is 6.85. The second-order valence-corrected chi connectivity index (χ2v) is 6.67. The van der Waals surface area contributed by atoms with Gasteiger partial charge < -0.3 is 9.84 Å². The topological polar surface area (TPSA) is 80.9 Å². The van der Waals surface area contributed by atoms with Crippen LogP contribution in [0.4, 0.5) is 0 Å². The molecule has 2 aromatic heterocycles. The molecule has 0 amide bonds. The Morgan fingerprint density at radius 3 is 2.76 bits per heavy atom. The Labute approximate surface area is 169 Å². The average Bonchev–Trinajstić information content (AvgIpc) is 2.72. The van der Waals surface area contributed by atoms with E-state index in [0.717, 1.165) is 24.2 Å². The average molecular weight is 392 g/mol. The molecule has 0 aliphatic carbocycles. The van der Waals surface area contributed by atoms with Crippen LogP contribution in [0.5, 0.6) is 5.75 Å². The van der Waals surface area contributed by atoms with E-state index in [1.165, 1.54) is 16.7 Å². The van der Waals surface area contributed by atoms with E-state index in [9.17, 15) is 14.7 Å². The number of benzene rings is 1. The zero-order valence-electron chi connectivity index (χ0n) is 16.6. The zero-order valence-corrected chi connectivity index (χ0v) is 16.6. The zero-order chi connectivity index (χ0) is 20.8. The van der Waals surface area contributed by atoms with E-state index in [-0.39, 0.29) is 11.1 Å². The molecule has 2 heterocycles. The van der Waals surface area contributed by atoms with Crippen LogP contribution < -0.4 is 10.3 Å². The number of pyridine rings is 1. The Morgan fingerprint density at radius 2 is 2.03 bits per heavy atom. The summed E-state index contributed by atoms with van der Waals surface area (Å²) in [7, 11) is 0. The summed E-state index contributed by atoms with van der Waals surface area (Å²) >= 11 is 0. The molecule has 0 aliphatic rings. The van der Waals surface area contributed by atoms with Crippen molar-refractivity contribution >= 4 is 23.8 Å². The summed E-state index contributed by atoms with van der Waals surface area (Å²) in [5, 5.41) is 9.21. The summed E-state index contributed by atoms with van der Waals surface area (Å²) in [6, 6.07) is 10.7. The van der Waals surface area contributed by atoms with E-state index in [2.05, 4.69) is 11.9 Å². The maximum Gasteiger partial charge on any atom is 0.337 e. The van der Waals surface area contributed by atoms with Crippen molar-refractivity contribution in [3.05, 3.63) is 75.3 Å². The molecule has 3 rings (SSSR count). The molecule has 6 heteroatoms. The highest BCUT2D eigenvalue weighted by Crippen LogP contribution is 2.17. The fraction of sp³-hybridized carbons (Fsp3) is 0.261. The first-order chi connectivity index (χ1) is 14.0. The van der Waals surface area contributed by atoms with Gasteiger partial charge in [-0.05, 0) is 55.7 Å². The largest absolute Gasteiger partial charge is 0.494 e. The lowest BCUT2D eigenvalue weighted by Crippen LogP contribution is -2.22. The van der Waals surface area contributed by atoms with E-state index >= 15 is 0 Å². The predicted molar refractivity (Wildman–Crippen MR) is 114 cm³/mol. The second-order valence-electron chi connectivity index (χ2n) is 6.67. The fourth-order valence-electron chi connectivity index (χ4n) is 3.10. The first-order valence-corrected chi connectivity index (χ1v) is 9.73.